The standard InChI is InChI=1S/C9H10O3S/c10-8-3-4-9-7(6-8)2-1-5-13(9,11)12/h3-4,6,10H,1-2,5H2. The van der Waals surface area contributed by atoms with Crippen molar-refractivity contribution in [3.63, 3.8) is 0 Å². The quantitative estimate of drug-likeness (QED) is 0.679. The number of aryl methyl sites for hydroxylation is 1. The summed E-state index contributed by atoms with van der Waals surface area (Å²) in [7, 11) is -3.07. The summed E-state index contributed by atoms with van der Waals surface area (Å²) in [4.78, 5) is 0.386. The van der Waals surface area contributed by atoms with E-state index in [0.717, 1.165) is 12.0 Å². The summed E-state index contributed by atoms with van der Waals surface area (Å²) in [6.45, 7) is 0. The second kappa shape index (κ2) is 2.73. The van der Waals surface area contributed by atoms with Crippen LogP contribution in [-0.4, -0.2) is 19.3 Å². The first-order valence-corrected chi connectivity index (χ1v) is 5.79. The number of benzene rings is 1. The number of rotatable bonds is 0. The van der Waals surface area contributed by atoms with Crippen LogP contribution < -0.4 is 0 Å². The second-order valence-electron chi connectivity index (χ2n) is 3.21. The van der Waals surface area contributed by atoms with Crippen molar-refractivity contribution in [1.82, 2.24) is 0 Å². The molecular formula is C9H10O3S. The molecule has 0 bridgehead atoms. The molecule has 1 heterocycles. The van der Waals surface area contributed by atoms with Crippen LogP contribution >= 0.6 is 0 Å². The van der Waals surface area contributed by atoms with E-state index in [4.69, 9.17) is 5.11 Å². The van der Waals surface area contributed by atoms with Crippen molar-refractivity contribution < 1.29 is 13.5 Å². The molecule has 0 amide bonds. The van der Waals surface area contributed by atoms with E-state index in [-0.39, 0.29) is 11.5 Å². The van der Waals surface area contributed by atoms with Crippen molar-refractivity contribution in [2.24, 2.45) is 0 Å². The number of fused-ring (bicyclic) bond motifs is 1. The van der Waals surface area contributed by atoms with E-state index in [1.54, 1.807) is 0 Å². The number of phenolic OH excluding ortho intramolecular Hbond substituents is 1. The molecule has 0 radical (unpaired) electrons. The van der Waals surface area contributed by atoms with Gasteiger partial charge in [-0.2, -0.15) is 0 Å². The Morgan fingerprint density at radius 3 is 2.85 bits per heavy atom. The van der Waals surface area contributed by atoms with Gasteiger partial charge in [0.2, 0.25) is 0 Å². The van der Waals surface area contributed by atoms with Gasteiger partial charge in [-0.25, -0.2) is 8.42 Å². The van der Waals surface area contributed by atoms with E-state index in [0.29, 0.717) is 11.3 Å². The summed E-state index contributed by atoms with van der Waals surface area (Å²) >= 11 is 0. The van der Waals surface area contributed by atoms with Gasteiger partial charge in [-0.3, -0.25) is 0 Å². The molecule has 13 heavy (non-hydrogen) atoms. The Hall–Kier alpha value is -1.03. The van der Waals surface area contributed by atoms with Crippen molar-refractivity contribution >= 4 is 9.84 Å². The maximum atomic E-state index is 11.5. The first-order valence-electron chi connectivity index (χ1n) is 4.14. The van der Waals surface area contributed by atoms with E-state index in [1.807, 2.05) is 0 Å². The Bertz CT molecular complexity index is 434. The molecular weight excluding hydrogens is 188 g/mol. The fraction of sp³-hybridized carbons (Fsp3) is 0.333. The largest absolute Gasteiger partial charge is 0.508 e. The average Bonchev–Trinajstić information content (AvgIpc) is 2.02. The van der Waals surface area contributed by atoms with Crippen LogP contribution in [0, 0.1) is 0 Å². The molecule has 70 valence electrons. The topological polar surface area (TPSA) is 54.4 Å². The van der Waals surface area contributed by atoms with Crippen LogP contribution in [0.3, 0.4) is 0 Å². The van der Waals surface area contributed by atoms with Crippen LogP contribution in [-0.2, 0) is 16.3 Å². The summed E-state index contributed by atoms with van der Waals surface area (Å²) in [5.41, 5.74) is 0.742. The highest BCUT2D eigenvalue weighted by molar-refractivity contribution is 7.91. The second-order valence-corrected chi connectivity index (χ2v) is 5.29. The normalized spacial score (nSPS) is 19.4. The molecule has 0 fully saturated rings. The van der Waals surface area contributed by atoms with Crippen LogP contribution in [0.1, 0.15) is 12.0 Å². The first-order chi connectivity index (χ1) is 6.09. The zero-order valence-corrected chi connectivity index (χ0v) is 7.84. The van der Waals surface area contributed by atoms with E-state index in [1.165, 1.54) is 18.2 Å². The SMILES string of the molecule is O=S1(=O)CCCc2cc(O)ccc21. The van der Waals surface area contributed by atoms with Gasteiger partial charge in [0.25, 0.3) is 0 Å². The van der Waals surface area contributed by atoms with Crippen molar-refractivity contribution in [2.75, 3.05) is 5.75 Å². The summed E-state index contributed by atoms with van der Waals surface area (Å²) in [6, 6.07) is 4.44. The molecule has 0 unspecified atom stereocenters. The predicted octanol–water partition coefficient (Wildman–Crippen LogP) is 1.11. The van der Waals surface area contributed by atoms with Gasteiger partial charge in [-0.15, -0.1) is 0 Å². The lowest BCUT2D eigenvalue weighted by atomic mass is 10.1. The minimum absolute atomic E-state index is 0.135. The lowest BCUT2D eigenvalue weighted by Gasteiger charge is -2.15. The van der Waals surface area contributed by atoms with Crippen molar-refractivity contribution in [3.8, 4) is 5.75 Å². The average molecular weight is 198 g/mol. The van der Waals surface area contributed by atoms with Gasteiger partial charge in [0, 0.05) is 0 Å². The van der Waals surface area contributed by atoms with Crippen LogP contribution in [0.25, 0.3) is 0 Å². The maximum absolute atomic E-state index is 11.5. The molecule has 0 saturated carbocycles. The van der Waals surface area contributed by atoms with Gasteiger partial charge in [0.15, 0.2) is 9.84 Å². The Kier molecular flexibility index (Phi) is 1.80. The van der Waals surface area contributed by atoms with E-state index >= 15 is 0 Å². The first kappa shape index (κ1) is 8.56. The number of hydrogen-bond donors (Lipinski definition) is 1. The maximum Gasteiger partial charge on any atom is 0.178 e. The minimum Gasteiger partial charge on any atom is -0.508 e. The number of sulfone groups is 1. The molecule has 0 atom stereocenters. The zero-order chi connectivity index (χ0) is 9.47. The molecule has 1 aromatic rings. The summed E-state index contributed by atoms with van der Waals surface area (Å²) in [5.74, 6) is 0.362. The van der Waals surface area contributed by atoms with Crippen molar-refractivity contribution in [1.29, 1.82) is 0 Å². The number of aromatic hydroxyl groups is 1. The van der Waals surface area contributed by atoms with Crippen molar-refractivity contribution in [3.05, 3.63) is 23.8 Å². The fourth-order valence-electron chi connectivity index (χ4n) is 1.63. The summed E-state index contributed by atoms with van der Waals surface area (Å²) in [5, 5.41) is 9.16. The van der Waals surface area contributed by atoms with Gasteiger partial charge in [0.1, 0.15) is 5.75 Å². The molecule has 1 aliphatic rings. The summed E-state index contributed by atoms with van der Waals surface area (Å²) in [6.07, 6.45) is 1.39. The smallest absolute Gasteiger partial charge is 0.178 e. The summed E-state index contributed by atoms with van der Waals surface area (Å²) < 4.78 is 23.0. The van der Waals surface area contributed by atoms with Gasteiger partial charge < -0.3 is 5.11 Å². The zero-order valence-electron chi connectivity index (χ0n) is 7.03. The van der Waals surface area contributed by atoms with Crippen LogP contribution in [0.15, 0.2) is 23.1 Å². The lowest BCUT2D eigenvalue weighted by molar-refractivity contribution is 0.473. The highest BCUT2D eigenvalue weighted by Crippen LogP contribution is 2.27. The van der Waals surface area contributed by atoms with Crippen LogP contribution in [0.4, 0.5) is 0 Å². The lowest BCUT2D eigenvalue weighted by Crippen LogP contribution is -2.15. The molecule has 0 saturated heterocycles. The minimum atomic E-state index is -3.07. The number of hydrogen-bond acceptors (Lipinski definition) is 3. The molecule has 0 aliphatic carbocycles. The highest BCUT2D eigenvalue weighted by atomic mass is 32.2. The molecule has 1 aliphatic heterocycles. The van der Waals surface area contributed by atoms with Crippen LogP contribution in [0.5, 0.6) is 5.75 Å². The van der Waals surface area contributed by atoms with Gasteiger partial charge in [-0.05, 0) is 36.6 Å². The van der Waals surface area contributed by atoms with E-state index in [9.17, 15) is 8.42 Å². The Morgan fingerprint density at radius 2 is 2.08 bits per heavy atom. The fourth-order valence-corrected chi connectivity index (χ4v) is 3.21. The Balaban J connectivity index is 2.66. The van der Waals surface area contributed by atoms with E-state index in [2.05, 4.69) is 0 Å². The Morgan fingerprint density at radius 1 is 1.31 bits per heavy atom. The molecule has 4 heteroatoms. The van der Waals surface area contributed by atoms with Crippen LogP contribution in [0.2, 0.25) is 0 Å². The Labute approximate surface area is 76.9 Å². The van der Waals surface area contributed by atoms with E-state index < -0.39 is 9.84 Å². The van der Waals surface area contributed by atoms with Gasteiger partial charge in [0.05, 0.1) is 10.6 Å². The third kappa shape index (κ3) is 1.42. The van der Waals surface area contributed by atoms with Gasteiger partial charge in [-0.1, -0.05) is 0 Å². The molecule has 0 spiro atoms. The predicted molar refractivity (Wildman–Crippen MR) is 48.5 cm³/mol. The van der Waals surface area contributed by atoms with Crippen molar-refractivity contribution in [2.45, 2.75) is 17.7 Å². The third-order valence-electron chi connectivity index (χ3n) is 2.24. The highest BCUT2D eigenvalue weighted by Gasteiger charge is 2.23. The molecule has 0 aromatic heterocycles. The molecule has 1 N–H and O–H groups in total. The molecule has 2 rings (SSSR count). The monoisotopic (exact) mass is 198 g/mol. The van der Waals surface area contributed by atoms with Gasteiger partial charge >= 0.3 is 0 Å². The number of phenols is 1. The molecule has 3 nitrogen and oxygen atoms in total. The molecule has 1 aromatic carbocycles. The third-order valence-corrected chi connectivity index (χ3v) is 4.13.